The molecule has 1 aliphatic heterocycles. The van der Waals surface area contributed by atoms with Gasteiger partial charge in [0.1, 0.15) is 0 Å². The fourth-order valence-corrected chi connectivity index (χ4v) is 2.43. The first-order chi connectivity index (χ1) is 6.77. The van der Waals surface area contributed by atoms with Gasteiger partial charge in [-0.25, -0.2) is 0 Å². The van der Waals surface area contributed by atoms with E-state index in [1.165, 1.54) is 5.19 Å². The van der Waals surface area contributed by atoms with Gasteiger partial charge in [-0.15, -0.1) is 0 Å². The summed E-state index contributed by atoms with van der Waals surface area (Å²) in [5, 5.41) is 1.44. The molecular formula is C11H15O2Si. The molecule has 0 N–H and O–H groups in total. The first-order valence-corrected chi connectivity index (χ1v) is 7.41. The zero-order valence-corrected chi connectivity index (χ0v) is 9.62. The van der Waals surface area contributed by atoms with Crippen LogP contribution in [-0.2, 0) is 9.47 Å². The van der Waals surface area contributed by atoms with E-state index in [4.69, 9.17) is 9.47 Å². The van der Waals surface area contributed by atoms with E-state index in [1.54, 1.807) is 0 Å². The SMILES string of the molecule is C[Si](C)c1cccc(C2OCCO2)c1. The second-order valence-corrected chi connectivity index (χ2v) is 6.28. The van der Waals surface area contributed by atoms with Crippen LogP contribution in [0.5, 0.6) is 0 Å². The monoisotopic (exact) mass is 207 g/mol. The Labute approximate surface area is 86.5 Å². The van der Waals surface area contributed by atoms with Crippen molar-refractivity contribution < 1.29 is 9.47 Å². The molecule has 2 rings (SSSR count). The minimum Gasteiger partial charge on any atom is -0.346 e. The van der Waals surface area contributed by atoms with E-state index < -0.39 is 0 Å². The Morgan fingerprint density at radius 2 is 1.93 bits per heavy atom. The molecule has 0 aliphatic carbocycles. The highest BCUT2D eigenvalue weighted by molar-refractivity contribution is 6.70. The standard InChI is InChI=1S/C11H15O2Si/c1-14(2)10-5-3-4-9(8-10)11-12-6-7-13-11/h3-5,8,11H,6-7H2,1-2H3. The summed E-state index contributed by atoms with van der Waals surface area (Å²) in [6.45, 7) is 6.01. The number of benzene rings is 1. The van der Waals surface area contributed by atoms with Crippen molar-refractivity contribution in [1.29, 1.82) is 0 Å². The zero-order chi connectivity index (χ0) is 9.97. The Morgan fingerprint density at radius 3 is 2.57 bits per heavy atom. The lowest BCUT2D eigenvalue weighted by Crippen LogP contribution is -2.23. The van der Waals surface area contributed by atoms with Crippen molar-refractivity contribution in [2.75, 3.05) is 13.2 Å². The van der Waals surface area contributed by atoms with E-state index in [2.05, 4.69) is 37.4 Å². The van der Waals surface area contributed by atoms with Crippen LogP contribution >= 0.6 is 0 Å². The fourth-order valence-electron chi connectivity index (χ4n) is 1.55. The Kier molecular flexibility index (Phi) is 3.01. The van der Waals surface area contributed by atoms with Crippen molar-refractivity contribution in [3.8, 4) is 0 Å². The average molecular weight is 207 g/mol. The highest BCUT2D eigenvalue weighted by Gasteiger charge is 2.18. The van der Waals surface area contributed by atoms with Crippen LogP contribution in [0.3, 0.4) is 0 Å². The molecule has 14 heavy (non-hydrogen) atoms. The summed E-state index contributed by atoms with van der Waals surface area (Å²) in [6.07, 6.45) is -0.128. The number of rotatable bonds is 2. The molecule has 1 aromatic rings. The van der Waals surface area contributed by atoms with Gasteiger partial charge in [0.2, 0.25) is 0 Å². The molecule has 0 unspecified atom stereocenters. The third-order valence-corrected chi connectivity index (χ3v) is 3.82. The van der Waals surface area contributed by atoms with Gasteiger partial charge in [-0.2, -0.15) is 0 Å². The molecule has 0 saturated carbocycles. The molecule has 1 fully saturated rings. The number of ether oxygens (including phenoxy) is 2. The van der Waals surface area contributed by atoms with Gasteiger partial charge in [-0.1, -0.05) is 42.5 Å². The molecule has 1 heterocycles. The van der Waals surface area contributed by atoms with E-state index in [1.807, 2.05) is 0 Å². The van der Waals surface area contributed by atoms with Gasteiger partial charge in [0.25, 0.3) is 0 Å². The van der Waals surface area contributed by atoms with Gasteiger partial charge >= 0.3 is 0 Å². The minimum absolute atomic E-state index is 0.128. The molecule has 1 saturated heterocycles. The topological polar surface area (TPSA) is 18.5 Å². The van der Waals surface area contributed by atoms with Crippen LogP contribution < -0.4 is 5.19 Å². The summed E-state index contributed by atoms with van der Waals surface area (Å²) >= 11 is 0. The molecule has 1 aromatic carbocycles. The van der Waals surface area contributed by atoms with Gasteiger partial charge in [0, 0.05) is 5.56 Å². The maximum atomic E-state index is 5.46. The Balaban J connectivity index is 2.21. The highest BCUT2D eigenvalue weighted by atomic mass is 28.3. The molecular weight excluding hydrogens is 192 g/mol. The molecule has 0 aromatic heterocycles. The molecule has 1 radical (unpaired) electrons. The smallest absolute Gasteiger partial charge is 0.184 e. The summed E-state index contributed by atoms with van der Waals surface area (Å²) in [5.74, 6) is 0. The van der Waals surface area contributed by atoms with Crippen molar-refractivity contribution in [1.82, 2.24) is 0 Å². The third-order valence-electron chi connectivity index (χ3n) is 2.36. The van der Waals surface area contributed by atoms with Crippen LogP contribution in [0.25, 0.3) is 0 Å². The Hall–Kier alpha value is -0.643. The van der Waals surface area contributed by atoms with E-state index >= 15 is 0 Å². The van der Waals surface area contributed by atoms with Gasteiger partial charge in [-0.05, 0) is 0 Å². The van der Waals surface area contributed by atoms with Gasteiger partial charge in [0.15, 0.2) is 6.29 Å². The van der Waals surface area contributed by atoms with Crippen LogP contribution in [0, 0.1) is 0 Å². The molecule has 0 amide bonds. The van der Waals surface area contributed by atoms with Crippen LogP contribution in [0.15, 0.2) is 24.3 Å². The second kappa shape index (κ2) is 4.25. The summed E-state index contributed by atoms with van der Waals surface area (Å²) < 4.78 is 10.9. The molecule has 0 bridgehead atoms. The molecule has 75 valence electrons. The van der Waals surface area contributed by atoms with Gasteiger partial charge in [-0.3, -0.25) is 0 Å². The van der Waals surface area contributed by atoms with Crippen molar-refractivity contribution in [3.63, 3.8) is 0 Å². The zero-order valence-electron chi connectivity index (χ0n) is 8.62. The van der Waals surface area contributed by atoms with Crippen molar-refractivity contribution in [3.05, 3.63) is 29.8 Å². The first kappa shape index (κ1) is 9.89. The number of hydrogen-bond acceptors (Lipinski definition) is 2. The van der Waals surface area contributed by atoms with Gasteiger partial charge in [0.05, 0.1) is 22.0 Å². The number of hydrogen-bond donors (Lipinski definition) is 0. The van der Waals surface area contributed by atoms with E-state index in [0.717, 1.165) is 5.56 Å². The normalized spacial score (nSPS) is 17.9. The van der Waals surface area contributed by atoms with E-state index in [-0.39, 0.29) is 15.1 Å². The Morgan fingerprint density at radius 1 is 1.21 bits per heavy atom. The first-order valence-electron chi connectivity index (χ1n) is 4.91. The van der Waals surface area contributed by atoms with E-state index in [9.17, 15) is 0 Å². The molecule has 0 atom stereocenters. The highest BCUT2D eigenvalue weighted by Crippen LogP contribution is 2.21. The molecule has 1 aliphatic rings. The van der Waals surface area contributed by atoms with Crippen molar-refractivity contribution in [2.24, 2.45) is 0 Å². The summed E-state index contributed by atoms with van der Waals surface area (Å²) in [7, 11) is -0.374. The lowest BCUT2D eigenvalue weighted by Gasteiger charge is -2.11. The minimum atomic E-state index is -0.374. The lowest BCUT2D eigenvalue weighted by atomic mass is 10.2. The molecule has 2 nitrogen and oxygen atoms in total. The Bertz CT molecular complexity index is 306. The average Bonchev–Trinajstić information content (AvgIpc) is 2.71. The van der Waals surface area contributed by atoms with Crippen molar-refractivity contribution >= 4 is 14.0 Å². The van der Waals surface area contributed by atoms with E-state index in [0.29, 0.717) is 13.2 Å². The quantitative estimate of drug-likeness (QED) is 0.687. The van der Waals surface area contributed by atoms with Crippen LogP contribution in [0.1, 0.15) is 11.9 Å². The maximum Gasteiger partial charge on any atom is 0.184 e. The van der Waals surface area contributed by atoms with Crippen LogP contribution in [0.2, 0.25) is 13.1 Å². The largest absolute Gasteiger partial charge is 0.346 e. The maximum absolute atomic E-state index is 5.46. The van der Waals surface area contributed by atoms with Crippen molar-refractivity contribution in [2.45, 2.75) is 19.4 Å². The predicted molar refractivity (Wildman–Crippen MR) is 58.2 cm³/mol. The fraction of sp³-hybridized carbons (Fsp3) is 0.455. The third kappa shape index (κ3) is 2.05. The predicted octanol–water partition coefficient (Wildman–Crippen LogP) is 1.69. The molecule has 3 heteroatoms. The summed E-state index contributed by atoms with van der Waals surface area (Å²) in [4.78, 5) is 0. The second-order valence-electron chi connectivity index (χ2n) is 3.70. The van der Waals surface area contributed by atoms with Crippen LogP contribution in [0.4, 0.5) is 0 Å². The lowest BCUT2D eigenvalue weighted by molar-refractivity contribution is -0.0440. The summed E-state index contributed by atoms with van der Waals surface area (Å²) in [5.41, 5.74) is 1.16. The summed E-state index contributed by atoms with van der Waals surface area (Å²) in [6, 6.07) is 8.56. The van der Waals surface area contributed by atoms with Gasteiger partial charge < -0.3 is 9.47 Å². The van der Waals surface area contributed by atoms with Crippen LogP contribution in [-0.4, -0.2) is 22.0 Å². The molecule has 0 spiro atoms.